The van der Waals surface area contributed by atoms with Crippen molar-refractivity contribution in [2.24, 2.45) is 5.92 Å². The lowest BCUT2D eigenvalue weighted by Crippen LogP contribution is -2.49. The van der Waals surface area contributed by atoms with Gasteiger partial charge in [0.05, 0.1) is 6.07 Å². The third kappa shape index (κ3) is 3.04. The predicted molar refractivity (Wildman–Crippen MR) is 82.3 cm³/mol. The Morgan fingerprint density at radius 3 is 2.70 bits per heavy atom. The summed E-state index contributed by atoms with van der Waals surface area (Å²) >= 11 is 3.43. The molecule has 0 unspecified atom stereocenters. The number of carbonyl (C=O) groups is 1. The SMILES string of the molecule is Cc1c(Br)cccc1C(=O)NC1(C#N)CCC(C)CC1. The van der Waals surface area contributed by atoms with E-state index in [4.69, 9.17) is 0 Å². The van der Waals surface area contributed by atoms with Gasteiger partial charge in [-0.3, -0.25) is 4.79 Å². The summed E-state index contributed by atoms with van der Waals surface area (Å²) in [5, 5.41) is 12.4. The monoisotopic (exact) mass is 334 g/mol. The normalized spacial score (nSPS) is 25.8. The van der Waals surface area contributed by atoms with Crippen LogP contribution in [0.5, 0.6) is 0 Å². The van der Waals surface area contributed by atoms with Gasteiger partial charge in [-0.05, 0) is 56.2 Å². The standard InChI is InChI=1S/C16H19BrN2O/c1-11-6-8-16(10-18,9-7-11)19-15(20)13-4-3-5-14(17)12(13)2/h3-5,11H,6-9H2,1-2H3,(H,19,20). The average Bonchev–Trinajstić information content (AvgIpc) is 2.44. The van der Waals surface area contributed by atoms with Crippen molar-refractivity contribution in [2.75, 3.05) is 0 Å². The van der Waals surface area contributed by atoms with Gasteiger partial charge in [0, 0.05) is 10.0 Å². The van der Waals surface area contributed by atoms with E-state index in [0.29, 0.717) is 11.5 Å². The van der Waals surface area contributed by atoms with Crippen LogP contribution in [0.15, 0.2) is 22.7 Å². The first-order valence-electron chi connectivity index (χ1n) is 6.96. The summed E-state index contributed by atoms with van der Waals surface area (Å²) < 4.78 is 0.911. The molecule has 0 heterocycles. The molecule has 1 aliphatic rings. The topological polar surface area (TPSA) is 52.9 Å². The highest BCUT2D eigenvalue weighted by atomic mass is 79.9. The minimum Gasteiger partial charge on any atom is -0.334 e. The van der Waals surface area contributed by atoms with Gasteiger partial charge in [-0.15, -0.1) is 0 Å². The van der Waals surface area contributed by atoms with E-state index in [1.807, 2.05) is 19.1 Å². The first-order valence-corrected chi connectivity index (χ1v) is 7.75. The lowest BCUT2D eigenvalue weighted by Gasteiger charge is -2.34. The molecular formula is C16H19BrN2O. The van der Waals surface area contributed by atoms with Crippen LogP contribution in [0.2, 0.25) is 0 Å². The molecule has 1 N–H and O–H groups in total. The molecule has 0 radical (unpaired) electrons. The highest BCUT2D eigenvalue weighted by Crippen LogP contribution is 2.32. The van der Waals surface area contributed by atoms with Crippen LogP contribution < -0.4 is 5.32 Å². The Morgan fingerprint density at radius 2 is 2.10 bits per heavy atom. The van der Waals surface area contributed by atoms with Crippen LogP contribution in [0.1, 0.15) is 48.5 Å². The highest BCUT2D eigenvalue weighted by Gasteiger charge is 2.36. The summed E-state index contributed by atoms with van der Waals surface area (Å²) in [7, 11) is 0. The molecule has 3 nitrogen and oxygen atoms in total. The van der Waals surface area contributed by atoms with Gasteiger partial charge in [-0.25, -0.2) is 0 Å². The molecule has 0 aromatic heterocycles. The van der Waals surface area contributed by atoms with Crippen molar-refractivity contribution in [3.63, 3.8) is 0 Å². The number of carbonyl (C=O) groups excluding carboxylic acids is 1. The molecule has 20 heavy (non-hydrogen) atoms. The molecule has 106 valence electrons. The van der Waals surface area contributed by atoms with Crippen molar-refractivity contribution in [1.29, 1.82) is 5.26 Å². The molecule has 1 amide bonds. The molecule has 0 saturated heterocycles. The van der Waals surface area contributed by atoms with Crippen LogP contribution in [0.4, 0.5) is 0 Å². The van der Waals surface area contributed by atoms with Crippen LogP contribution in [0, 0.1) is 24.2 Å². The number of rotatable bonds is 2. The highest BCUT2D eigenvalue weighted by molar-refractivity contribution is 9.10. The summed E-state index contributed by atoms with van der Waals surface area (Å²) in [6, 6.07) is 7.88. The zero-order valence-electron chi connectivity index (χ0n) is 11.9. The minimum atomic E-state index is -0.696. The summed E-state index contributed by atoms with van der Waals surface area (Å²) in [5.74, 6) is 0.487. The molecule has 1 fully saturated rings. The fourth-order valence-electron chi connectivity index (χ4n) is 2.66. The Morgan fingerprint density at radius 1 is 1.45 bits per heavy atom. The van der Waals surface area contributed by atoms with E-state index in [1.165, 1.54) is 0 Å². The second kappa shape index (κ2) is 5.97. The Hall–Kier alpha value is -1.34. The van der Waals surface area contributed by atoms with E-state index in [1.54, 1.807) is 6.07 Å². The molecule has 0 aliphatic heterocycles. The van der Waals surface area contributed by atoms with Crippen molar-refractivity contribution in [1.82, 2.24) is 5.32 Å². The number of hydrogen-bond donors (Lipinski definition) is 1. The third-order valence-corrected chi connectivity index (χ3v) is 5.07. The molecule has 0 bridgehead atoms. The van der Waals surface area contributed by atoms with Crippen LogP contribution >= 0.6 is 15.9 Å². The molecule has 1 saturated carbocycles. The zero-order chi connectivity index (χ0) is 14.8. The molecule has 2 rings (SSSR count). The Bertz CT molecular complexity index is 554. The summed E-state index contributed by atoms with van der Waals surface area (Å²) in [6.45, 7) is 4.10. The van der Waals surface area contributed by atoms with Crippen LogP contribution in [-0.2, 0) is 0 Å². The number of nitriles is 1. The first-order chi connectivity index (χ1) is 9.47. The van der Waals surface area contributed by atoms with Crippen molar-refractivity contribution >= 4 is 21.8 Å². The second-order valence-electron chi connectivity index (χ2n) is 5.74. The number of nitrogens with one attached hydrogen (secondary N) is 1. The van der Waals surface area contributed by atoms with Gasteiger partial charge >= 0.3 is 0 Å². The third-order valence-electron chi connectivity index (χ3n) is 4.21. The molecule has 1 aromatic carbocycles. The van der Waals surface area contributed by atoms with Crippen molar-refractivity contribution in [3.05, 3.63) is 33.8 Å². The predicted octanol–water partition coefficient (Wildman–Crippen LogP) is 3.96. The fourth-order valence-corrected chi connectivity index (χ4v) is 3.02. The summed E-state index contributed by atoms with van der Waals surface area (Å²) in [4.78, 5) is 12.4. The van der Waals surface area contributed by atoms with Crippen molar-refractivity contribution in [3.8, 4) is 6.07 Å². The van der Waals surface area contributed by atoms with E-state index in [0.717, 1.165) is 35.7 Å². The quantitative estimate of drug-likeness (QED) is 0.889. The number of benzene rings is 1. The van der Waals surface area contributed by atoms with E-state index in [2.05, 4.69) is 34.2 Å². The van der Waals surface area contributed by atoms with Crippen LogP contribution in [0.25, 0.3) is 0 Å². The number of hydrogen-bond acceptors (Lipinski definition) is 2. The molecular weight excluding hydrogens is 316 g/mol. The van der Waals surface area contributed by atoms with Crippen molar-refractivity contribution < 1.29 is 4.79 Å². The van der Waals surface area contributed by atoms with E-state index < -0.39 is 5.54 Å². The van der Waals surface area contributed by atoms with E-state index in [9.17, 15) is 10.1 Å². The Labute approximate surface area is 128 Å². The summed E-state index contributed by atoms with van der Waals surface area (Å²) in [6.07, 6.45) is 3.46. The smallest absolute Gasteiger partial charge is 0.252 e. The van der Waals surface area contributed by atoms with Gasteiger partial charge in [-0.1, -0.05) is 28.9 Å². The van der Waals surface area contributed by atoms with E-state index in [-0.39, 0.29) is 5.91 Å². The second-order valence-corrected chi connectivity index (χ2v) is 6.60. The van der Waals surface area contributed by atoms with Gasteiger partial charge in [0.15, 0.2) is 0 Å². The number of amides is 1. The molecule has 0 atom stereocenters. The maximum Gasteiger partial charge on any atom is 0.252 e. The van der Waals surface area contributed by atoms with E-state index >= 15 is 0 Å². The molecule has 1 aromatic rings. The number of halogens is 1. The lowest BCUT2D eigenvalue weighted by molar-refractivity contribution is 0.0893. The average molecular weight is 335 g/mol. The van der Waals surface area contributed by atoms with Crippen LogP contribution in [0.3, 0.4) is 0 Å². The van der Waals surface area contributed by atoms with Gasteiger partial charge in [0.1, 0.15) is 5.54 Å². The largest absolute Gasteiger partial charge is 0.334 e. The minimum absolute atomic E-state index is 0.153. The van der Waals surface area contributed by atoms with Gasteiger partial charge in [-0.2, -0.15) is 5.26 Å². The fraction of sp³-hybridized carbons (Fsp3) is 0.500. The Balaban J connectivity index is 2.18. The molecule has 4 heteroatoms. The van der Waals surface area contributed by atoms with Crippen molar-refractivity contribution in [2.45, 2.75) is 45.1 Å². The van der Waals surface area contributed by atoms with Gasteiger partial charge < -0.3 is 5.32 Å². The van der Waals surface area contributed by atoms with Crippen LogP contribution in [-0.4, -0.2) is 11.4 Å². The summed E-state index contributed by atoms with van der Waals surface area (Å²) in [5.41, 5.74) is 0.841. The number of nitrogens with zero attached hydrogens (tertiary/aromatic N) is 1. The molecule has 0 spiro atoms. The lowest BCUT2D eigenvalue weighted by atomic mass is 9.78. The van der Waals surface area contributed by atoms with Gasteiger partial charge in [0.2, 0.25) is 0 Å². The maximum absolute atomic E-state index is 12.4. The molecule has 1 aliphatic carbocycles. The zero-order valence-corrected chi connectivity index (χ0v) is 13.5. The maximum atomic E-state index is 12.4. The Kier molecular flexibility index (Phi) is 4.49. The first kappa shape index (κ1) is 15.1. The van der Waals surface area contributed by atoms with Gasteiger partial charge in [0.25, 0.3) is 5.91 Å².